The molecule has 8 N–H and O–H groups in total. The lowest BCUT2D eigenvalue weighted by atomic mass is 10.2. The summed E-state index contributed by atoms with van der Waals surface area (Å²) < 4.78 is 18.7. The number of nitrogen functional groups attached to an aromatic ring is 1. The number of H-pyrrole nitrogens is 1. The average Bonchev–Trinajstić information content (AvgIpc) is 2.94. The van der Waals surface area contributed by atoms with Gasteiger partial charge in [-0.05, 0) is 5.56 Å². The molecule has 26 heavy (non-hydrogen) atoms. The van der Waals surface area contributed by atoms with E-state index in [-0.39, 0.29) is 36.4 Å². The third-order valence-electron chi connectivity index (χ3n) is 3.49. The summed E-state index contributed by atoms with van der Waals surface area (Å²) >= 11 is 0. The van der Waals surface area contributed by atoms with Gasteiger partial charge in [-0.2, -0.15) is 4.98 Å². The zero-order valence-electron chi connectivity index (χ0n) is 13.6. The van der Waals surface area contributed by atoms with Crippen LogP contribution in [0, 0.1) is 0 Å². The van der Waals surface area contributed by atoms with Gasteiger partial charge in [0.25, 0.3) is 5.56 Å². The van der Waals surface area contributed by atoms with Crippen molar-refractivity contribution >= 4 is 24.7 Å². The number of rotatable bonds is 6. The molecule has 0 radical (unpaired) electrons. The summed E-state index contributed by atoms with van der Waals surface area (Å²) in [6, 6.07) is 8.25. The van der Waals surface area contributed by atoms with Crippen molar-refractivity contribution in [3.63, 3.8) is 0 Å². The second-order valence-corrected chi connectivity index (χ2v) is 6.93. The Morgan fingerprint density at radius 1 is 1.31 bits per heavy atom. The number of benzene rings is 1. The molecule has 11 nitrogen and oxygen atoms in total. The first kappa shape index (κ1) is 19.8. The Hall–Kier alpha value is -2.56. The van der Waals surface area contributed by atoms with Crippen molar-refractivity contribution in [2.75, 3.05) is 12.3 Å². The quantitative estimate of drug-likeness (QED) is 0.383. The highest BCUT2D eigenvalue weighted by molar-refractivity contribution is 7.52. The minimum absolute atomic E-state index is 0. The fourth-order valence-corrected chi connectivity index (χ4v) is 3.26. The van der Waals surface area contributed by atoms with Gasteiger partial charge in [-0.15, -0.1) is 0 Å². The van der Waals surface area contributed by atoms with Crippen LogP contribution < -0.4 is 17.4 Å². The Balaban J connectivity index is 0.00000243. The van der Waals surface area contributed by atoms with Gasteiger partial charge >= 0.3 is 7.60 Å². The molecule has 2 heterocycles. The Labute approximate surface area is 147 Å². The molecule has 1 unspecified atom stereocenters. The van der Waals surface area contributed by atoms with Crippen molar-refractivity contribution in [3.8, 4) is 0 Å². The first-order chi connectivity index (χ1) is 11.9. The summed E-state index contributed by atoms with van der Waals surface area (Å²) in [6.07, 6.45) is 1.39. The maximum atomic E-state index is 11.7. The molecule has 0 aliphatic heterocycles. The van der Waals surface area contributed by atoms with Crippen molar-refractivity contribution < 1.29 is 19.1 Å². The normalized spacial score (nSPS) is 12.7. The van der Waals surface area contributed by atoms with Crippen LogP contribution in [0.1, 0.15) is 11.4 Å². The number of aromatic nitrogens is 4. The molecular formula is C14H19N6O5P. The molecule has 0 aliphatic rings. The second-order valence-electron chi connectivity index (χ2n) is 5.28. The summed E-state index contributed by atoms with van der Waals surface area (Å²) in [6.45, 7) is 0.167. The standard InChI is InChI=1S/C14H16N5O5P.H3N/c15-14-17-11-10(12(20)18-14)16-8-19(11)6-7-24-13(25(21,22)23)9-4-2-1-3-5-9;/h1-5,8,13H,6-7H2,(H2,21,22,23)(H3,15,17,18,20);1H3. The van der Waals surface area contributed by atoms with E-state index in [1.807, 2.05) is 0 Å². The van der Waals surface area contributed by atoms with Crippen LogP contribution in [-0.4, -0.2) is 35.9 Å². The van der Waals surface area contributed by atoms with E-state index < -0.39 is 19.0 Å². The molecule has 12 heteroatoms. The summed E-state index contributed by atoms with van der Waals surface area (Å²) in [5.74, 6) is -1.41. The Bertz CT molecular complexity index is 982. The molecule has 0 aliphatic carbocycles. The maximum Gasteiger partial charge on any atom is 0.358 e. The second kappa shape index (κ2) is 7.77. The highest BCUT2D eigenvalue weighted by Crippen LogP contribution is 2.52. The van der Waals surface area contributed by atoms with Crippen LogP contribution in [0.3, 0.4) is 0 Å². The zero-order chi connectivity index (χ0) is 18.0. The summed E-state index contributed by atoms with van der Waals surface area (Å²) in [5.41, 5.74) is 5.85. The highest BCUT2D eigenvalue weighted by atomic mass is 31.2. The molecule has 2 aromatic heterocycles. The molecule has 3 aromatic rings. The van der Waals surface area contributed by atoms with Gasteiger partial charge in [0, 0.05) is 6.54 Å². The number of imidazole rings is 1. The van der Waals surface area contributed by atoms with Crippen molar-refractivity contribution in [1.29, 1.82) is 0 Å². The molecule has 3 rings (SSSR count). The Morgan fingerprint density at radius 3 is 2.65 bits per heavy atom. The number of fused-ring (bicyclic) bond motifs is 1. The number of nitrogens with one attached hydrogen (secondary N) is 1. The average molecular weight is 382 g/mol. The molecule has 0 saturated carbocycles. The minimum Gasteiger partial charge on any atom is -0.369 e. The fraction of sp³-hybridized carbons (Fsp3) is 0.214. The molecule has 0 bridgehead atoms. The van der Waals surface area contributed by atoms with E-state index in [2.05, 4.69) is 15.0 Å². The predicted molar refractivity (Wildman–Crippen MR) is 94.8 cm³/mol. The van der Waals surface area contributed by atoms with Gasteiger partial charge in [-0.3, -0.25) is 14.3 Å². The van der Waals surface area contributed by atoms with Crippen LogP contribution in [0.2, 0.25) is 0 Å². The number of hydrogen-bond acceptors (Lipinski definition) is 7. The largest absolute Gasteiger partial charge is 0.369 e. The molecule has 0 amide bonds. The third kappa shape index (κ3) is 4.15. The Kier molecular flexibility index (Phi) is 5.90. The van der Waals surface area contributed by atoms with Gasteiger partial charge in [0.05, 0.1) is 12.9 Å². The number of nitrogens with zero attached hydrogens (tertiary/aromatic N) is 3. The molecule has 0 saturated heterocycles. The van der Waals surface area contributed by atoms with Crippen LogP contribution in [0.15, 0.2) is 41.5 Å². The number of anilines is 1. The molecule has 140 valence electrons. The van der Waals surface area contributed by atoms with E-state index >= 15 is 0 Å². The van der Waals surface area contributed by atoms with Crippen molar-refractivity contribution in [2.45, 2.75) is 12.4 Å². The van der Waals surface area contributed by atoms with Crippen LogP contribution >= 0.6 is 7.60 Å². The van der Waals surface area contributed by atoms with Gasteiger partial charge < -0.3 is 31.0 Å². The van der Waals surface area contributed by atoms with Crippen LogP contribution in [0.25, 0.3) is 11.2 Å². The highest BCUT2D eigenvalue weighted by Gasteiger charge is 2.31. The zero-order valence-corrected chi connectivity index (χ0v) is 14.5. The van der Waals surface area contributed by atoms with Gasteiger partial charge in [0.15, 0.2) is 17.0 Å². The van der Waals surface area contributed by atoms with Gasteiger partial charge in [-0.1, -0.05) is 30.3 Å². The summed E-state index contributed by atoms with van der Waals surface area (Å²) in [5, 5.41) is 0. The van der Waals surface area contributed by atoms with E-state index in [1.54, 1.807) is 30.3 Å². The van der Waals surface area contributed by atoms with Crippen molar-refractivity contribution in [1.82, 2.24) is 25.7 Å². The van der Waals surface area contributed by atoms with E-state index in [0.717, 1.165) is 0 Å². The van der Waals surface area contributed by atoms with Crippen LogP contribution in [-0.2, 0) is 15.8 Å². The van der Waals surface area contributed by atoms with Gasteiger partial charge in [0.2, 0.25) is 5.95 Å². The lowest BCUT2D eigenvalue weighted by molar-refractivity contribution is 0.0801. The molecular weight excluding hydrogens is 363 g/mol. The van der Waals surface area contributed by atoms with E-state index in [9.17, 15) is 19.1 Å². The van der Waals surface area contributed by atoms with Gasteiger partial charge in [-0.25, -0.2) is 4.98 Å². The van der Waals surface area contributed by atoms with Crippen molar-refractivity contribution in [2.24, 2.45) is 0 Å². The van der Waals surface area contributed by atoms with E-state index in [4.69, 9.17) is 10.5 Å². The fourth-order valence-electron chi connectivity index (χ4n) is 2.40. The monoisotopic (exact) mass is 382 g/mol. The molecule has 0 fully saturated rings. The SMILES string of the molecule is N.Nc1nc2c(ncn2CCOC(c2ccccc2)P(=O)(O)O)c(=O)[nH]1. The topological polar surface area (TPSA) is 191 Å². The first-order valence-electron chi connectivity index (χ1n) is 7.28. The van der Waals surface area contributed by atoms with Gasteiger partial charge in [0.1, 0.15) is 0 Å². The maximum absolute atomic E-state index is 11.7. The smallest absolute Gasteiger partial charge is 0.358 e. The number of aromatic amines is 1. The summed E-state index contributed by atoms with van der Waals surface area (Å²) in [4.78, 5) is 41.1. The number of hydrogen-bond donors (Lipinski definition) is 5. The number of nitrogens with two attached hydrogens (primary N) is 1. The Morgan fingerprint density at radius 2 is 2.00 bits per heavy atom. The minimum atomic E-state index is -4.51. The lowest BCUT2D eigenvalue weighted by Gasteiger charge is -2.19. The van der Waals surface area contributed by atoms with E-state index in [1.165, 1.54) is 10.9 Å². The molecule has 1 aromatic carbocycles. The van der Waals surface area contributed by atoms with Crippen molar-refractivity contribution in [3.05, 3.63) is 52.6 Å². The molecule has 1 atom stereocenters. The lowest BCUT2D eigenvalue weighted by Crippen LogP contribution is -2.14. The molecule has 0 spiro atoms. The van der Waals surface area contributed by atoms with Crippen LogP contribution in [0.4, 0.5) is 5.95 Å². The van der Waals surface area contributed by atoms with E-state index in [0.29, 0.717) is 5.56 Å². The third-order valence-corrected chi connectivity index (χ3v) is 4.55. The van der Waals surface area contributed by atoms with Crippen LogP contribution in [0.5, 0.6) is 0 Å². The predicted octanol–water partition coefficient (Wildman–Crippen LogP) is 0.757. The number of ether oxygens (including phenoxy) is 1. The first-order valence-corrected chi connectivity index (χ1v) is 8.97. The summed E-state index contributed by atoms with van der Waals surface area (Å²) in [7, 11) is -4.51.